The monoisotopic (exact) mass is 361 g/mol. The fourth-order valence-corrected chi connectivity index (χ4v) is 4.04. The fraction of sp³-hybridized carbons (Fsp3) is 0.350. The molecule has 136 valence electrons. The number of hydrogen-bond acceptors (Lipinski definition) is 6. The molecule has 7 nitrogen and oxygen atoms in total. The summed E-state index contributed by atoms with van der Waals surface area (Å²) in [6.07, 6.45) is 13.0. The molecule has 4 atom stereocenters. The number of nitriles is 1. The van der Waals surface area contributed by atoms with Gasteiger partial charge in [-0.15, -0.1) is 6.42 Å². The van der Waals surface area contributed by atoms with Gasteiger partial charge in [-0.2, -0.15) is 5.26 Å². The van der Waals surface area contributed by atoms with Crippen LogP contribution in [0.4, 0.5) is 0 Å². The average Bonchev–Trinajstić information content (AvgIpc) is 3.36. The molecule has 1 saturated heterocycles. The molecule has 7 heteroatoms. The highest BCUT2D eigenvalue weighted by molar-refractivity contribution is 5.95. The van der Waals surface area contributed by atoms with E-state index in [2.05, 4.69) is 27.1 Å². The summed E-state index contributed by atoms with van der Waals surface area (Å²) in [6, 6.07) is 6.02. The Balaban J connectivity index is 1.47. The van der Waals surface area contributed by atoms with Crippen molar-refractivity contribution in [3.05, 3.63) is 53.2 Å². The van der Waals surface area contributed by atoms with E-state index in [4.69, 9.17) is 16.1 Å². The lowest BCUT2D eigenvalue weighted by atomic mass is 9.77. The second kappa shape index (κ2) is 7.24. The summed E-state index contributed by atoms with van der Waals surface area (Å²) in [5.74, 6) is 2.50. The maximum absolute atomic E-state index is 12.7. The summed E-state index contributed by atoms with van der Waals surface area (Å²) in [6.45, 7) is 0. The predicted molar refractivity (Wildman–Crippen MR) is 97.0 cm³/mol. The van der Waals surface area contributed by atoms with Crippen molar-refractivity contribution in [2.24, 2.45) is 5.92 Å². The molecule has 4 unspecified atom stereocenters. The van der Waals surface area contributed by atoms with E-state index in [1.54, 1.807) is 12.5 Å². The number of pyridine rings is 1. The summed E-state index contributed by atoms with van der Waals surface area (Å²) < 4.78 is 5.21. The summed E-state index contributed by atoms with van der Waals surface area (Å²) >= 11 is 0. The van der Waals surface area contributed by atoms with E-state index in [0.29, 0.717) is 23.1 Å². The number of hydrogen-bond donors (Lipinski definition) is 3. The summed E-state index contributed by atoms with van der Waals surface area (Å²) in [4.78, 5) is 16.8. The molecule has 1 aliphatic heterocycles. The quantitative estimate of drug-likeness (QED) is 0.718. The molecular weight excluding hydrogens is 342 g/mol. The third-order valence-electron chi connectivity index (χ3n) is 5.38. The highest BCUT2D eigenvalue weighted by atomic mass is 16.3. The first kappa shape index (κ1) is 17.3. The van der Waals surface area contributed by atoms with Crippen LogP contribution in [-0.2, 0) is 0 Å². The van der Waals surface area contributed by atoms with Gasteiger partial charge < -0.3 is 9.73 Å². The van der Waals surface area contributed by atoms with Crippen LogP contribution in [0.3, 0.4) is 0 Å². The molecule has 27 heavy (non-hydrogen) atoms. The molecule has 2 aromatic rings. The zero-order valence-electron chi connectivity index (χ0n) is 14.6. The Morgan fingerprint density at radius 1 is 1.41 bits per heavy atom. The number of carbonyl (C=O) groups is 1. The number of nitrogens with one attached hydrogen (secondary N) is 3. The van der Waals surface area contributed by atoms with Crippen LogP contribution in [0.2, 0.25) is 0 Å². The third-order valence-corrected chi connectivity index (χ3v) is 5.38. The van der Waals surface area contributed by atoms with Crippen molar-refractivity contribution in [3.8, 4) is 18.4 Å². The van der Waals surface area contributed by atoms with Crippen molar-refractivity contribution in [1.29, 1.82) is 5.26 Å². The molecule has 1 saturated carbocycles. The van der Waals surface area contributed by atoms with Crippen LogP contribution < -0.4 is 16.2 Å². The van der Waals surface area contributed by atoms with Gasteiger partial charge in [0, 0.05) is 23.8 Å². The molecule has 0 aromatic carbocycles. The topological polar surface area (TPSA) is 103 Å². The minimum atomic E-state index is -0.297. The van der Waals surface area contributed by atoms with E-state index < -0.39 is 0 Å². The van der Waals surface area contributed by atoms with Gasteiger partial charge in [-0.25, -0.2) is 10.4 Å². The van der Waals surface area contributed by atoms with Crippen LogP contribution in [0.15, 0.2) is 35.3 Å². The van der Waals surface area contributed by atoms with Crippen molar-refractivity contribution >= 4 is 5.91 Å². The number of carbonyl (C=O) groups excluding carboxylic acids is 1. The first-order chi connectivity index (χ1) is 13.2. The van der Waals surface area contributed by atoms with Gasteiger partial charge >= 0.3 is 0 Å². The molecule has 0 bridgehead atoms. The summed E-state index contributed by atoms with van der Waals surface area (Å²) in [7, 11) is 0. The SMILES string of the molecule is C#Cc1cc(C#N)cnc1C(=O)NC1CCC2NNC(c3ccoc3)C2C1. The van der Waals surface area contributed by atoms with Gasteiger partial charge in [0.25, 0.3) is 5.91 Å². The van der Waals surface area contributed by atoms with Crippen LogP contribution >= 0.6 is 0 Å². The Morgan fingerprint density at radius 3 is 3.04 bits per heavy atom. The van der Waals surface area contributed by atoms with E-state index in [9.17, 15) is 4.79 Å². The molecular formula is C20H19N5O2. The van der Waals surface area contributed by atoms with Gasteiger partial charge in [-0.05, 0) is 37.3 Å². The molecule has 0 radical (unpaired) electrons. The molecule has 1 amide bonds. The molecule has 1 aliphatic carbocycles. The Morgan fingerprint density at radius 2 is 2.30 bits per heavy atom. The maximum Gasteiger partial charge on any atom is 0.271 e. The molecule has 2 aliphatic rings. The molecule has 4 rings (SSSR count). The van der Waals surface area contributed by atoms with Crippen molar-refractivity contribution in [2.75, 3.05) is 0 Å². The van der Waals surface area contributed by atoms with Gasteiger partial charge in [-0.3, -0.25) is 10.2 Å². The standard InChI is InChI=1S/C20H19N5O2/c1-2-13-7-12(9-21)10-22-19(13)20(26)23-15-3-4-17-16(8-15)18(25-24-17)14-5-6-27-11-14/h1,5-7,10-11,15-18,24-25H,3-4,8H2,(H,23,26). The highest BCUT2D eigenvalue weighted by Crippen LogP contribution is 2.38. The number of terminal acetylenes is 1. The number of nitrogens with zero attached hydrogens (tertiary/aromatic N) is 2. The lowest BCUT2D eigenvalue weighted by molar-refractivity contribution is 0.0910. The minimum Gasteiger partial charge on any atom is -0.472 e. The normalized spacial score (nSPS) is 26.6. The lowest BCUT2D eigenvalue weighted by Gasteiger charge is -2.33. The number of furan rings is 1. The van der Waals surface area contributed by atoms with Crippen LogP contribution in [0.25, 0.3) is 0 Å². The fourth-order valence-electron chi connectivity index (χ4n) is 4.04. The van der Waals surface area contributed by atoms with E-state index in [1.165, 1.54) is 12.3 Å². The highest BCUT2D eigenvalue weighted by Gasteiger charge is 2.41. The summed E-state index contributed by atoms with van der Waals surface area (Å²) in [5, 5.41) is 12.0. The second-order valence-corrected chi connectivity index (χ2v) is 6.95. The number of rotatable bonds is 3. The summed E-state index contributed by atoms with van der Waals surface area (Å²) in [5.41, 5.74) is 8.67. The van der Waals surface area contributed by atoms with Gasteiger partial charge in [0.05, 0.1) is 29.7 Å². The van der Waals surface area contributed by atoms with E-state index in [0.717, 1.165) is 24.8 Å². The maximum atomic E-state index is 12.7. The second-order valence-electron chi connectivity index (χ2n) is 6.95. The van der Waals surface area contributed by atoms with Crippen molar-refractivity contribution in [2.45, 2.75) is 37.4 Å². The Bertz CT molecular complexity index is 925. The minimum absolute atomic E-state index is 0.0397. The number of fused-ring (bicyclic) bond motifs is 1. The van der Waals surface area contributed by atoms with Crippen LogP contribution in [0.5, 0.6) is 0 Å². The van der Waals surface area contributed by atoms with E-state index in [1.807, 2.05) is 12.1 Å². The molecule has 3 heterocycles. The van der Waals surface area contributed by atoms with Crippen molar-refractivity contribution in [1.82, 2.24) is 21.2 Å². The average molecular weight is 361 g/mol. The number of aromatic nitrogens is 1. The number of hydrazine groups is 1. The van der Waals surface area contributed by atoms with Crippen molar-refractivity contribution in [3.63, 3.8) is 0 Å². The third kappa shape index (κ3) is 3.31. The smallest absolute Gasteiger partial charge is 0.271 e. The Kier molecular flexibility index (Phi) is 4.64. The zero-order valence-corrected chi connectivity index (χ0v) is 14.6. The van der Waals surface area contributed by atoms with Crippen LogP contribution in [0.1, 0.15) is 52.5 Å². The van der Waals surface area contributed by atoms with Gasteiger partial charge in [0.1, 0.15) is 11.8 Å². The van der Waals surface area contributed by atoms with Crippen LogP contribution in [0, 0.1) is 29.6 Å². The van der Waals surface area contributed by atoms with Crippen LogP contribution in [-0.4, -0.2) is 23.0 Å². The van der Waals surface area contributed by atoms with E-state index in [-0.39, 0.29) is 23.7 Å². The first-order valence-electron chi connectivity index (χ1n) is 8.90. The molecule has 0 spiro atoms. The molecule has 2 fully saturated rings. The zero-order chi connectivity index (χ0) is 18.8. The Labute approximate surface area is 157 Å². The Hall–Kier alpha value is -3.13. The molecule has 2 aromatic heterocycles. The first-order valence-corrected chi connectivity index (χ1v) is 8.90. The van der Waals surface area contributed by atoms with E-state index >= 15 is 0 Å². The van der Waals surface area contributed by atoms with Gasteiger partial charge in [0.2, 0.25) is 0 Å². The van der Waals surface area contributed by atoms with Gasteiger partial charge in [0.15, 0.2) is 0 Å². The largest absolute Gasteiger partial charge is 0.472 e. The van der Waals surface area contributed by atoms with Crippen molar-refractivity contribution < 1.29 is 9.21 Å². The van der Waals surface area contributed by atoms with Gasteiger partial charge in [-0.1, -0.05) is 5.92 Å². The predicted octanol–water partition coefficient (Wildman–Crippen LogP) is 1.64. The molecule has 3 N–H and O–H groups in total. The lowest BCUT2D eigenvalue weighted by Crippen LogP contribution is -2.44. The number of amides is 1.